The van der Waals surface area contributed by atoms with Crippen molar-refractivity contribution in [1.82, 2.24) is 25.3 Å². The lowest BCUT2D eigenvalue weighted by Crippen LogP contribution is -2.42. The molecule has 1 unspecified atom stereocenters. The molecule has 5 rings (SSSR count). The van der Waals surface area contributed by atoms with Crippen molar-refractivity contribution < 1.29 is 9.32 Å². The summed E-state index contributed by atoms with van der Waals surface area (Å²) in [5, 5.41) is 7.35. The molecule has 1 N–H and O–H groups in total. The van der Waals surface area contributed by atoms with E-state index in [4.69, 9.17) is 4.52 Å². The van der Waals surface area contributed by atoms with Gasteiger partial charge in [0.1, 0.15) is 0 Å². The first kappa shape index (κ1) is 25.6. The second-order valence-electron chi connectivity index (χ2n) is 11.0. The SMILES string of the molecule is Cc1cccc(-c2noc(CN3CCCC(C(=O)NCc4cccc(CN5CCC(C)CC5)c4)C3)n2)c1. The van der Waals surface area contributed by atoms with Gasteiger partial charge in [0.05, 0.1) is 12.5 Å². The summed E-state index contributed by atoms with van der Waals surface area (Å²) in [5.74, 6) is 2.16. The number of carbonyl (C=O) groups is 1. The number of piperidine rings is 2. The molecule has 37 heavy (non-hydrogen) atoms. The molecule has 7 nitrogen and oxygen atoms in total. The summed E-state index contributed by atoms with van der Waals surface area (Å²) < 4.78 is 5.53. The molecular weight excluding hydrogens is 462 g/mol. The molecule has 2 saturated heterocycles. The van der Waals surface area contributed by atoms with E-state index in [1.54, 1.807) is 0 Å². The number of amides is 1. The van der Waals surface area contributed by atoms with E-state index in [1.165, 1.54) is 37.1 Å². The van der Waals surface area contributed by atoms with Gasteiger partial charge in [0.2, 0.25) is 17.6 Å². The predicted molar refractivity (Wildman–Crippen MR) is 144 cm³/mol. The lowest BCUT2D eigenvalue weighted by Gasteiger charge is -2.31. The lowest BCUT2D eigenvalue weighted by molar-refractivity contribution is -0.127. The zero-order chi connectivity index (χ0) is 25.6. The van der Waals surface area contributed by atoms with E-state index in [2.05, 4.69) is 75.5 Å². The van der Waals surface area contributed by atoms with Crippen LogP contribution in [0.15, 0.2) is 53.1 Å². The van der Waals surface area contributed by atoms with Crippen molar-refractivity contribution in [2.75, 3.05) is 26.2 Å². The van der Waals surface area contributed by atoms with Gasteiger partial charge in [0, 0.05) is 25.2 Å². The Morgan fingerprint density at radius 2 is 1.81 bits per heavy atom. The number of nitrogens with one attached hydrogen (secondary N) is 1. The van der Waals surface area contributed by atoms with Crippen molar-refractivity contribution in [2.45, 2.75) is 59.2 Å². The van der Waals surface area contributed by atoms with Crippen LogP contribution in [0.25, 0.3) is 11.4 Å². The highest BCUT2D eigenvalue weighted by molar-refractivity contribution is 5.79. The number of hydrogen-bond acceptors (Lipinski definition) is 6. The van der Waals surface area contributed by atoms with Gasteiger partial charge in [-0.2, -0.15) is 4.98 Å². The number of aromatic nitrogens is 2. The predicted octanol–water partition coefficient (Wildman–Crippen LogP) is 4.81. The van der Waals surface area contributed by atoms with Crippen molar-refractivity contribution >= 4 is 5.91 Å². The number of rotatable bonds is 8. The van der Waals surface area contributed by atoms with E-state index in [1.807, 2.05) is 12.1 Å². The standard InChI is InChI=1S/C30H39N5O2/c1-22-11-14-34(15-12-22)19-25-8-4-7-24(17-25)18-31-30(36)27-10-5-13-35(20-27)21-28-32-29(33-37-28)26-9-3-6-23(2)16-26/h3-4,6-9,16-17,22,27H,5,10-15,18-21H2,1-2H3,(H,31,36). The summed E-state index contributed by atoms with van der Waals surface area (Å²) in [4.78, 5) is 22.4. The molecule has 7 heteroatoms. The molecule has 0 spiro atoms. The zero-order valence-electron chi connectivity index (χ0n) is 22.2. The van der Waals surface area contributed by atoms with Gasteiger partial charge in [-0.3, -0.25) is 14.6 Å². The second-order valence-corrected chi connectivity index (χ2v) is 11.0. The maximum atomic E-state index is 13.0. The van der Waals surface area contributed by atoms with Crippen LogP contribution in [0, 0.1) is 18.8 Å². The third kappa shape index (κ3) is 7.05. The highest BCUT2D eigenvalue weighted by Crippen LogP contribution is 2.22. The summed E-state index contributed by atoms with van der Waals surface area (Å²) in [6.45, 7) is 10.5. The van der Waals surface area contributed by atoms with Crippen LogP contribution in [-0.2, 0) is 24.4 Å². The average molecular weight is 502 g/mol. The van der Waals surface area contributed by atoms with Crippen molar-refractivity contribution in [3.05, 3.63) is 71.1 Å². The number of carbonyl (C=O) groups excluding carboxylic acids is 1. The van der Waals surface area contributed by atoms with Crippen molar-refractivity contribution in [3.8, 4) is 11.4 Å². The van der Waals surface area contributed by atoms with E-state index in [9.17, 15) is 4.79 Å². The summed E-state index contributed by atoms with van der Waals surface area (Å²) in [5.41, 5.74) is 4.62. The van der Waals surface area contributed by atoms with Gasteiger partial charge < -0.3 is 9.84 Å². The zero-order valence-corrected chi connectivity index (χ0v) is 22.2. The van der Waals surface area contributed by atoms with Gasteiger partial charge in [0.25, 0.3) is 0 Å². The fraction of sp³-hybridized carbons (Fsp3) is 0.500. The van der Waals surface area contributed by atoms with Gasteiger partial charge in [-0.1, -0.05) is 60.1 Å². The molecule has 2 aliphatic rings. The Balaban J connectivity index is 1.11. The second kappa shape index (κ2) is 12.0. The molecule has 1 aromatic heterocycles. The van der Waals surface area contributed by atoms with Crippen LogP contribution in [0.1, 0.15) is 55.2 Å². The van der Waals surface area contributed by atoms with Gasteiger partial charge in [-0.25, -0.2) is 0 Å². The van der Waals surface area contributed by atoms with E-state index < -0.39 is 0 Å². The first-order valence-corrected chi connectivity index (χ1v) is 13.7. The molecule has 2 fully saturated rings. The molecule has 1 atom stereocenters. The Kier molecular flexibility index (Phi) is 8.31. The largest absolute Gasteiger partial charge is 0.352 e. The molecule has 0 aliphatic carbocycles. The van der Waals surface area contributed by atoms with E-state index in [0.717, 1.165) is 43.0 Å². The molecule has 2 aromatic carbocycles. The third-order valence-electron chi connectivity index (χ3n) is 7.72. The summed E-state index contributed by atoms with van der Waals surface area (Å²) in [6.07, 6.45) is 4.47. The average Bonchev–Trinajstić information content (AvgIpc) is 3.37. The van der Waals surface area contributed by atoms with Crippen LogP contribution in [0.2, 0.25) is 0 Å². The Hall–Kier alpha value is -3.03. The van der Waals surface area contributed by atoms with E-state index in [-0.39, 0.29) is 11.8 Å². The smallest absolute Gasteiger partial charge is 0.241 e. The Bertz CT molecular complexity index is 1180. The number of likely N-dealkylation sites (tertiary alicyclic amines) is 2. The third-order valence-corrected chi connectivity index (χ3v) is 7.72. The highest BCUT2D eigenvalue weighted by Gasteiger charge is 2.27. The van der Waals surface area contributed by atoms with Crippen molar-refractivity contribution in [2.24, 2.45) is 11.8 Å². The van der Waals surface area contributed by atoms with E-state index >= 15 is 0 Å². The number of hydrogen-bond donors (Lipinski definition) is 1. The monoisotopic (exact) mass is 501 g/mol. The Morgan fingerprint density at radius 3 is 2.65 bits per heavy atom. The van der Waals surface area contributed by atoms with Crippen molar-refractivity contribution in [1.29, 1.82) is 0 Å². The van der Waals surface area contributed by atoms with Crippen LogP contribution >= 0.6 is 0 Å². The molecule has 3 aromatic rings. The summed E-state index contributed by atoms with van der Waals surface area (Å²) in [7, 11) is 0. The summed E-state index contributed by atoms with van der Waals surface area (Å²) >= 11 is 0. The van der Waals surface area contributed by atoms with Crippen LogP contribution < -0.4 is 5.32 Å². The normalized spacial score (nSPS) is 19.7. The molecule has 0 bridgehead atoms. The molecule has 3 heterocycles. The molecule has 0 saturated carbocycles. The minimum atomic E-state index is -0.0218. The van der Waals surface area contributed by atoms with Gasteiger partial charge in [0.15, 0.2) is 0 Å². The lowest BCUT2D eigenvalue weighted by atomic mass is 9.97. The minimum Gasteiger partial charge on any atom is -0.352 e. The molecule has 1 amide bonds. The van der Waals surface area contributed by atoms with Gasteiger partial charge >= 0.3 is 0 Å². The molecular formula is C30H39N5O2. The van der Waals surface area contributed by atoms with Crippen molar-refractivity contribution in [3.63, 3.8) is 0 Å². The number of nitrogens with zero attached hydrogens (tertiary/aromatic N) is 4. The topological polar surface area (TPSA) is 74.5 Å². The fourth-order valence-electron chi connectivity index (χ4n) is 5.47. The highest BCUT2D eigenvalue weighted by atomic mass is 16.5. The van der Waals surface area contributed by atoms with Crippen LogP contribution in [-0.4, -0.2) is 52.0 Å². The molecule has 2 aliphatic heterocycles. The maximum absolute atomic E-state index is 13.0. The first-order valence-electron chi connectivity index (χ1n) is 13.7. The Labute approximate surface area is 220 Å². The van der Waals surface area contributed by atoms with Crippen LogP contribution in [0.3, 0.4) is 0 Å². The first-order chi connectivity index (χ1) is 18.0. The number of aryl methyl sites for hydroxylation is 1. The Morgan fingerprint density at radius 1 is 1.00 bits per heavy atom. The maximum Gasteiger partial charge on any atom is 0.241 e. The van der Waals surface area contributed by atoms with E-state index in [0.29, 0.717) is 31.3 Å². The fourth-order valence-corrected chi connectivity index (χ4v) is 5.47. The minimum absolute atomic E-state index is 0.0218. The quantitative estimate of drug-likeness (QED) is 0.478. The van der Waals surface area contributed by atoms with Gasteiger partial charge in [-0.15, -0.1) is 0 Å². The summed E-state index contributed by atoms with van der Waals surface area (Å²) in [6, 6.07) is 16.8. The van der Waals surface area contributed by atoms with Crippen LogP contribution in [0.4, 0.5) is 0 Å². The van der Waals surface area contributed by atoms with Crippen LogP contribution in [0.5, 0.6) is 0 Å². The van der Waals surface area contributed by atoms with Gasteiger partial charge in [-0.05, 0) is 75.4 Å². The molecule has 196 valence electrons. The number of benzene rings is 2. The molecule has 0 radical (unpaired) electrons.